The van der Waals surface area contributed by atoms with E-state index in [1.54, 1.807) is 0 Å². The van der Waals surface area contributed by atoms with Gasteiger partial charge in [0.05, 0.1) is 0 Å². The molecule has 88 valence electrons. The van der Waals surface area contributed by atoms with E-state index in [9.17, 15) is 0 Å². The minimum atomic E-state index is 1.09. The zero-order valence-electron chi connectivity index (χ0n) is 11.1. The molecule has 1 heteroatoms. The van der Waals surface area contributed by atoms with Crippen LogP contribution in [0, 0.1) is 0 Å². The monoisotopic (exact) mass is 209 g/mol. The smallest absolute Gasteiger partial charge is 0.0366 e. The van der Waals surface area contributed by atoms with Crippen molar-refractivity contribution >= 4 is 0 Å². The summed E-state index contributed by atoms with van der Waals surface area (Å²) < 4.78 is 0. The second-order valence-electron chi connectivity index (χ2n) is 3.35. The van der Waals surface area contributed by atoms with Crippen molar-refractivity contribution in [3.63, 3.8) is 0 Å². The number of hydrogen-bond acceptors (Lipinski definition) is 1. The van der Waals surface area contributed by atoms with Gasteiger partial charge in [0.1, 0.15) is 0 Å². The summed E-state index contributed by atoms with van der Waals surface area (Å²) in [5.41, 5.74) is 2.47. The predicted octanol–water partition coefficient (Wildman–Crippen LogP) is 4.44. The Hall–Kier alpha value is -0.980. The van der Waals surface area contributed by atoms with E-state index < -0.39 is 0 Å². The molecule has 0 aromatic heterocycles. The Morgan fingerprint density at radius 2 is 1.80 bits per heavy atom. The number of allylic oxidation sites excluding steroid dienone is 4. The van der Waals surface area contributed by atoms with Gasteiger partial charge < -0.3 is 5.32 Å². The van der Waals surface area contributed by atoms with Crippen molar-refractivity contribution in [2.24, 2.45) is 0 Å². The van der Waals surface area contributed by atoms with Crippen molar-refractivity contribution in [1.82, 2.24) is 5.32 Å². The molecular weight excluding hydrogens is 182 g/mol. The van der Waals surface area contributed by atoms with Crippen molar-refractivity contribution in [1.29, 1.82) is 0 Å². The minimum absolute atomic E-state index is 1.09. The Kier molecular flexibility index (Phi) is 14.3. The second-order valence-corrected chi connectivity index (χ2v) is 3.35. The highest BCUT2D eigenvalue weighted by atomic mass is 14.8. The van der Waals surface area contributed by atoms with Gasteiger partial charge in [-0.3, -0.25) is 0 Å². The zero-order valence-corrected chi connectivity index (χ0v) is 11.1. The van der Waals surface area contributed by atoms with Crippen LogP contribution in [0.5, 0.6) is 0 Å². The van der Waals surface area contributed by atoms with Gasteiger partial charge in [-0.1, -0.05) is 52.3 Å². The van der Waals surface area contributed by atoms with E-state index in [-0.39, 0.29) is 0 Å². The summed E-state index contributed by atoms with van der Waals surface area (Å²) in [5.74, 6) is 0. The average molecular weight is 209 g/mol. The van der Waals surface area contributed by atoms with Crippen LogP contribution in [-0.2, 0) is 0 Å². The fraction of sp³-hybridized carbons (Fsp3) is 0.571. The summed E-state index contributed by atoms with van der Waals surface area (Å²) in [5, 5.41) is 3.16. The molecule has 0 saturated heterocycles. The van der Waals surface area contributed by atoms with Gasteiger partial charge in [-0.25, -0.2) is 0 Å². The third-order valence-corrected chi connectivity index (χ3v) is 1.71. The molecule has 0 fully saturated rings. The average Bonchev–Trinajstić information content (AvgIpc) is 2.24. The quantitative estimate of drug-likeness (QED) is 0.660. The number of rotatable bonds is 5. The number of nitrogens with one attached hydrogen (secondary N) is 1. The molecule has 0 aliphatic heterocycles. The van der Waals surface area contributed by atoms with E-state index in [0.717, 1.165) is 12.8 Å². The molecule has 0 rings (SSSR count). The minimum Gasteiger partial charge on any atom is -0.388 e. The SMILES string of the molecule is C=C/C(CCC)=C(\C=C/C)NC.CCC. The van der Waals surface area contributed by atoms with Gasteiger partial charge in [0.25, 0.3) is 0 Å². The number of hydrogen-bond donors (Lipinski definition) is 1. The van der Waals surface area contributed by atoms with Crippen LogP contribution in [0.1, 0.15) is 47.0 Å². The van der Waals surface area contributed by atoms with Crippen LogP contribution in [0.4, 0.5) is 0 Å². The first-order valence-corrected chi connectivity index (χ1v) is 5.87. The highest BCUT2D eigenvalue weighted by molar-refractivity contribution is 5.30. The fourth-order valence-electron chi connectivity index (χ4n) is 1.13. The van der Waals surface area contributed by atoms with Gasteiger partial charge >= 0.3 is 0 Å². The summed E-state index contributed by atoms with van der Waals surface area (Å²) in [6.45, 7) is 12.2. The molecule has 1 N–H and O–H groups in total. The van der Waals surface area contributed by atoms with Gasteiger partial charge in [-0.2, -0.15) is 0 Å². The Morgan fingerprint density at radius 1 is 1.27 bits per heavy atom. The summed E-state index contributed by atoms with van der Waals surface area (Å²) in [7, 11) is 1.94. The molecule has 0 atom stereocenters. The van der Waals surface area contributed by atoms with E-state index in [2.05, 4.69) is 38.7 Å². The first-order chi connectivity index (χ1) is 7.21. The lowest BCUT2D eigenvalue weighted by atomic mass is 10.1. The van der Waals surface area contributed by atoms with Crippen LogP contribution in [0.3, 0.4) is 0 Å². The van der Waals surface area contributed by atoms with Crippen LogP contribution in [0.15, 0.2) is 36.1 Å². The Balaban J connectivity index is 0. The molecule has 0 aliphatic rings. The van der Waals surface area contributed by atoms with E-state index in [4.69, 9.17) is 0 Å². The lowest BCUT2D eigenvalue weighted by Gasteiger charge is -2.06. The summed E-state index contributed by atoms with van der Waals surface area (Å²) in [6.07, 6.45) is 9.53. The maximum atomic E-state index is 3.80. The van der Waals surface area contributed by atoms with Gasteiger partial charge in [0, 0.05) is 12.7 Å². The van der Waals surface area contributed by atoms with Crippen molar-refractivity contribution in [2.45, 2.75) is 47.0 Å². The lowest BCUT2D eigenvalue weighted by Crippen LogP contribution is -2.06. The number of likely N-dealkylation sites (N-methyl/N-ethyl adjacent to an activating group) is 1. The van der Waals surface area contributed by atoms with E-state index in [1.165, 1.54) is 17.7 Å². The molecule has 1 nitrogen and oxygen atoms in total. The standard InChI is InChI=1S/C11H19N.C3H8/c1-5-8-10(7-3)11(12-4)9-6-2;1-3-2/h6-7,9,12H,3,5,8H2,1-2,4H3;3H2,1-2H3/b9-6-,11-10-;. The molecule has 0 aliphatic carbocycles. The summed E-state index contributed by atoms with van der Waals surface area (Å²) in [4.78, 5) is 0. The van der Waals surface area contributed by atoms with Gasteiger partial charge in [0.2, 0.25) is 0 Å². The molecule has 0 radical (unpaired) electrons. The Bertz CT molecular complexity index is 199. The highest BCUT2D eigenvalue weighted by Gasteiger charge is 1.96. The van der Waals surface area contributed by atoms with E-state index in [0.29, 0.717) is 0 Å². The molecule has 0 bridgehead atoms. The molecule has 0 amide bonds. The van der Waals surface area contributed by atoms with Gasteiger partial charge in [0.15, 0.2) is 0 Å². The summed E-state index contributed by atoms with van der Waals surface area (Å²) in [6, 6.07) is 0. The molecule has 0 saturated carbocycles. The third-order valence-electron chi connectivity index (χ3n) is 1.71. The van der Waals surface area contributed by atoms with Crippen molar-refractivity contribution < 1.29 is 0 Å². The Morgan fingerprint density at radius 3 is 2.07 bits per heavy atom. The molecule has 0 unspecified atom stereocenters. The molecule has 0 heterocycles. The van der Waals surface area contributed by atoms with Crippen molar-refractivity contribution in [3.8, 4) is 0 Å². The Labute approximate surface area is 96.0 Å². The third kappa shape index (κ3) is 9.33. The maximum Gasteiger partial charge on any atom is 0.0366 e. The van der Waals surface area contributed by atoms with Crippen LogP contribution >= 0.6 is 0 Å². The van der Waals surface area contributed by atoms with Crippen LogP contribution in [0.2, 0.25) is 0 Å². The predicted molar refractivity (Wildman–Crippen MR) is 72.0 cm³/mol. The fourth-order valence-corrected chi connectivity index (χ4v) is 1.13. The van der Waals surface area contributed by atoms with Crippen LogP contribution < -0.4 is 5.32 Å². The molecule has 15 heavy (non-hydrogen) atoms. The van der Waals surface area contributed by atoms with Crippen LogP contribution in [-0.4, -0.2) is 7.05 Å². The highest BCUT2D eigenvalue weighted by Crippen LogP contribution is 2.10. The van der Waals surface area contributed by atoms with Gasteiger partial charge in [-0.15, -0.1) is 0 Å². The maximum absolute atomic E-state index is 3.80. The first-order valence-electron chi connectivity index (χ1n) is 5.87. The molecule has 0 aromatic carbocycles. The second kappa shape index (κ2) is 13.0. The molecule has 0 aromatic rings. The largest absolute Gasteiger partial charge is 0.388 e. The van der Waals surface area contributed by atoms with Crippen LogP contribution in [0.25, 0.3) is 0 Å². The van der Waals surface area contributed by atoms with Crippen molar-refractivity contribution in [2.75, 3.05) is 7.05 Å². The molecule has 0 spiro atoms. The first kappa shape index (κ1) is 16.4. The topological polar surface area (TPSA) is 12.0 Å². The normalized spacial score (nSPS) is 11.5. The molecular formula is C14H27N. The zero-order chi connectivity index (χ0) is 12.1. The van der Waals surface area contributed by atoms with E-state index in [1.807, 2.05) is 26.1 Å². The summed E-state index contributed by atoms with van der Waals surface area (Å²) >= 11 is 0. The van der Waals surface area contributed by atoms with Gasteiger partial charge in [-0.05, 0) is 25.0 Å². The lowest BCUT2D eigenvalue weighted by molar-refractivity contribution is 0.889. The van der Waals surface area contributed by atoms with E-state index >= 15 is 0 Å². The van der Waals surface area contributed by atoms with Crippen molar-refractivity contribution in [3.05, 3.63) is 36.1 Å².